The molecule has 0 aliphatic heterocycles. The van der Waals surface area contributed by atoms with Crippen molar-refractivity contribution < 1.29 is 4.39 Å². The van der Waals surface area contributed by atoms with Crippen molar-refractivity contribution in [1.29, 1.82) is 0 Å². The van der Waals surface area contributed by atoms with Crippen LogP contribution < -0.4 is 10.6 Å². The summed E-state index contributed by atoms with van der Waals surface area (Å²) in [5, 5.41) is 1.56. The highest BCUT2D eigenvalue weighted by Gasteiger charge is 2.13. The summed E-state index contributed by atoms with van der Waals surface area (Å²) in [6.45, 7) is 0. The summed E-state index contributed by atoms with van der Waals surface area (Å²) in [6.07, 6.45) is 0. The molecule has 0 aliphatic rings. The molecular formula is C12H9ClFP. The Labute approximate surface area is 94.2 Å². The lowest BCUT2D eigenvalue weighted by molar-refractivity contribution is 0.636. The molecule has 0 aromatic heterocycles. The van der Waals surface area contributed by atoms with Gasteiger partial charge in [0, 0.05) is 5.30 Å². The fraction of sp³-hybridized carbons (Fsp3) is 0. The van der Waals surface area contributed by atoms with E-state index in [9.17, 15) is 4.39 Å². The second-order valence-corrected chi connectivity index (χ2v) is 5.64. The summed E-state index contributed by atoms with van der Waals surface area (Å²) in [4.78, 5) is 0. The topological polar surface area (TPSA) is 0 Å². The number of benzene rings is 2. The first-order valence-corrected chi connectivity index (χ1v) is 6.79. The van der Waals surface area contributed by atoms with Crippen molar-refractivity contribution in [3.8, 4) is 0 Å². The van der Waals surface area contributed by atoms with E-state index in [2.05, 4.69) is 0 Å². The van der Waals surface area contributed by atoms with Gasteiger partial charge in [0.1, 0.15) is 5.82 Å². The second-order valence-electron chi connectivity index (χ2n) is 3.07. The largest absolute Gasteiger partial charge is 0.206 e. The van der Waals surface area contributed by atoms with E-state index < -0.39 is 7.27 Å². The minimum atomic E-state index is -1.09. The molecule has 0 amide bonds. The molecule has 76 valence electrons. The maximum atomic E-state index is 13.5. The van der Waals surface area contributed by atoms with Gasteiger partial charge in [-0.15, -0.1) is 0 Å². The van der Waals surface area contributed by atoms with E-state index in [1.807, 2.05) is 30.3 Å². The Morgan fingerprint density at radius 2 is 1.47 bits per heavy atom. The summed E-state index contributed by atoms with van der Waals surface area (Å²) in [7, 11) is -1.09. The minimum Gasteiger partial charge on any atom is -0.206 e. The van der Waals surface area contributed by atoms with Gasteiger partial charge in [-0.2, -0.15) is 0 Å². The van der Waals surface area contributed by atoms with Gasteiger partial charge in [-0.1, -0.05) is 59.8 Å². The van der Waals surface area contributed by atoms with Crippen LogP contribution in [0.3, 0.4) is 0 Å². The normalized spacial score (nSPS) is 12.4. The average molecular weight is 239 g/mol. The molecule has 0 N–H and O–H groups in total. The Morgan fingerprint density at radius 3 is 2.13 bits per heavy atom. The lowest BCUT2D eigenvalue weighted by Crippen LogP contribution is -2.11. The summed E-state index contributed by atoms with van der Waals surface area (Å²) in [6, 6.07) is 16.2. The molecule has 0 saturated carbocycles. The summed E-state index contributed by atoms with van der Waals surface area (Å²) < 4.78 is 13.5. The first kappa shape index (κ1) is 10.6. The summed E-state index contributed by atoms with van der Waals surface area (Å²) in [5.41, 5.74) is 0. The predicted octanol–water partition coefficient (Wildman–Crippen LogP) is 3.41. The monoisotopic (exact) mass is 238 g/mol. The zero-order valence-electron chi connectivity index (χ0n) is 7.90. The number of hydrogen-bond acceptors (Lipinski definition) is 0. The van der Waals surface area contributed by atoms with Gasteiger partial charge in [-0.05, 0) is 11.4 Å². The highest BCUT2D eigenvalue weighted by molar-refractivity contribution is 7.95. The lowest BCUT2D eigenvalue weighted by atomic mass is 10.3. The van der Waals surface area contributed by atoms with E-state index in [1.165, 1.54) is 6.07 Å². The van der Waals surface area contributed by atoms with E-state index in [1.54, 1.807) is 18.2 Å². The molecule has 1 atom stereocenters. The molecular weight excluding hydrogens is 230 g/mol. The van der Waals surface area contributed by atoms with Crippen molar-refractivity contribution >= 4 is 29.1 Å². The van der Waals surface area contributed by atoms with Crippen LogP contribution in [0, 0.1) is 5.82 Å². The molecule has 2 rings (SSSR count). The van der Waals surface area contributed by atoms with Gasteiger partial charge in [0.15, 0.2) is 0 Å². The average Bonchev–Trinajstić information content (AvgIpc) is 2.30. The summed E-state index contributed by atoms with van der Waals surface area (Å²) >= 11 is 6.26. The van der Waals surface area contributed by atoms with Gasteiger partial charge < -0.3 is 0 Å². The Bertz CT molecular complexity index is 444. The van der Waals surface area contributed by atoms with Gasteiger partial charge in [0.2, 0.25) is 0 Å². The van der Waals surface area contributed by atoms with E-state index >= 15 is 0 Å². The third-order valence-corrected chi connectivity index (χ3v) is 4.72. The van der Waals surface area contributed by atoms with Crippen LogP contribution in [0.25, 0.3) is 0 Å². The molecule has 0 radical (unpaired) electrons. The van der Waals surface area contributed by atoms with Gasteiger partial charge in [-0.3, -0.25) is 0 Å². The van der Waals surface area contributed by atoms with Crippen molar-refractivity contribution in [2.45, 2.75) is 0 Å². The van der Waals surface area contributed by atoms with E-state index in [0.29, 0.717) is 5.30 Å². The van der Waals surface area contributed by atoms with Crippen LogP contribution in [-0.2, 0) is 0 Å². The van der Waals surface area contributed by atoms with Crippen LogP contribution in [-0.4, -0.2) is 0 Å². The fourth-order valence-electron chi connectivity index (χ4n) is 1.31. The molecule has 0 bridgehead atoms. The quantitative estimate of drug-likeness (QED) is 0.704. The zero-order valence-corrected chi connectivity index (χ0v) is 9.55. The third kappa shape index (κ3) is 2.37. The second kappa shape index (κ2) is 4.74. The SMILES string of the molecule is Fc1ccccc1P(Cl)c1ccccc1. The first-order chi connectivity index (χ1) is 7.29. The van der Waals surface area contributed by atoms with Crippen LogP contribution in [0.5, 0.6) is 0 Å². The minimum absolute atomic E-state index is 0.234. The molecule has 2 aromatic rings. The molecule has 3 heteroatoms. The molecule has 1 unspecified atom stereocenters. The molecule has 0 saturated heterocycles. The molecule has 0 aliphatic carbocycles. The highest BCUT2D eigenvalue weighted by Crippen LogP contribution is 2.39. The first-order valence-electron chi connectivity index (χ1n) is 4.54. The van der Waals surface area contributed by atoms with Crippen LogP contribution in [0.2, 0.25) is 0 Å². The van der Waals surface area contributed by atoms with E-state index in [0.717, 1.165) is 5.30 Å². The van der Waals surface area contributed by atoms with Gasteiger partial charge in [-0.25, -0.2) is 4.39 Å². The Kier molecular flexibility index (Phi) is 3.35. The molecule has 0 nitrogen and oxygen atoms in total. The van der Waals surface area contributed by atoms with Crippen LogP contribution in [0.1, 0.15) is 0 Å². The molecule has 0 spiro atoms. The van der Waals surface area contributed by atoms with Crippen molar-refractivity contribution in [1.82, 2.24) is 0 Å². The standard InChI is InChI=1S/C12H9ClFP/c13-15(10-6-2-1-3-7-10)12-9-5-4-8-11(12)14/h1-9H. The van der Waals surface area contributed by atoms with E-state index in [-0.39, 0.29) is 5.82 Å². The number of rotatable bonds is 2. The van der Waals surface area contributed by atoms with Gasteiger partial charge >= 0.3 is 0 Å². The van der Waals surface area contributed by atoms with Crippen molar-refractivity contribution in [2.24, 2.45) is 0 Å². The summed E-state index contributed by atoms with van der Waals surface area (Å²) in [5.74, 6) is -0.234. The Morgan fingerprint density at radius 1 is 0.867 bits per heavy atom. The van der Waals surface area contributed by atoms with E-state index in [4.69, 9.17) is 11.2 Å². The molecule has 15 heavy (non-hydrogen) atoms. The number of hydrogen-bond donors (Lipinski definition) is 0. The van der Waals surface area contributed by atoms with Crippen LogP contribution >= 0.6 is 18.5 Å². The fourth-order valence-corrected chi connectivity index (χ4v) is 3.25. The van der Waals surface area contributed by atoms with Crippen molar-refractivity contribution in [3.63, 3.8) is 0 Å². The smallest absolute Gasteiger partial charge is 0.132 e. The lowest BCUT2D eigenvalue weighted by Gasteiger charge is -2.10. The number of halogens is 2. The predicted molar refractivity (Wildman–Crippen MR) is 64.9 cm³/mol. The maximum absolute atomic E-state index is 13.5. The third-order valence-electron chi connectivity index (χ3n) is 2.05. The highest BCUT2D eigenvalue weighted by atomic mass is 35.7. The maximum Gasteiger partial charge on any atom is 0.132 e. The van der Waals surface area contributed by atoms with Crippen LogP contribution in [0.4, 0.5) is 4.39 Å². The van der Waals surface area contributed by atoms with Gasteiger partial charge in [0.25, 0.3) is 0 Å². The van der Waals surface area contributed by atoms with Crippen molar-refractivity contribution in [3.05, 3.63) is 60.4 Å². The molecule has 0 heterocycles. The Hall–Kier alpha value is -0.910. The van der Waals surface area contributed by atoms with Crippen molar-refractivity contribution in [2.75, 3.05) is 0 Å². The van der Waals surface area contributed by atoms with Crippen LogP contribution in [0.15, 0.2) is 54.6 Å². The van der Waals surface area contributed by atoms with Gasteiger partial charge in [0.05, 0.1) is 7.27 Å². The zero-order chi connectivity index (χ0) is 10.7. The molecule has 0 fully saturated rings. The molecule has 2 aromatic carbocycles. The Balaban J connectivity index is 2.37.